The molecule has 1 aromatic heterocycles. The van der Waals surface area contributed by atoms with Gasteiger partial charge in [-0.2, -0.15) is 9.29 Å². The van der Waals surface area contributed by atoms with Crippen molar-refractivity contribution in [2.75, 3.05) is 13.1 Å². The standard InChI is InChI=1S/C22H23ClN4O4S/c1-15-8-10-17(11-9-15)32(29,30)27-12-4-5-16(14-27)22(28)24-13-20-25-21(26-31-20)18-6-2-3-7-19(18)23/h2-3,6-11,16H,4-5,12-14H2,1H3,(H,24,28)/t16-/m0/s1. The highest BCUT2D eigenvalue weighted by Crippen LogP contribution is 2.26. The molecule has 10 heteroatoms. The highest BCUT2D eigenvalue weighted by molar-refractivity contribution is 7.89. The molecule has 32 heavy (non-hydrogen) atoms. The molecule has 1 saturated heterocycles. The lowest BCUT2D eigenvalue weighted by Crippen LogP contribution is -2.45. The van der Waals surface area contributed by atoms with Gasteiger partial charge in [0.05, 0.1) is 22.4 Å². The molecule has 3 aromatic rings. The van der Waals surface area contributed by atoms with E-state index in [1.807, 2.05) is 13.0 Å². The SMILES string of the molecule is Cc1ccc(S(=O)(=O)N2CCC[C@H](C(=O)NCc3nc(-c4ccccc4Cl)no3)C2)cc1. The number of aryl methyl sites for hydroxylation is 1. The van der Waals surface area contributed by atoms with Crippen molar-refractivity contribution < 1.29 is 17.7 Å². The van der Waals surface area contributed by atoms with E-state index in [1.165, 1.54) is 4.31 Å². The van der Waals surface area contributed by atoms with Crippen LogP contribution in [0.5, 0.6) is 0 Å². The Labute approximate surface area is 191 Å². The van der Waals surface area contributed by atoms with Gasteiger partial charge in [0.2, 0.25) is 27.6 Å². The summed E-state index contributed by atoms with van der Waals surface area (Å²) in [7, 11) is -3.64. The first-order valence-electron chi connectivity index (χ1n) is 10.3. The van der Waals surface area contributed by atoms with Gasteiger partial charge in [-0.05, 0) is 44.0 Å². The van der Waals surface area contributed by atoms with Crippen molar-refractivity contribution in [2.24, 2.45) is 5.92 Å². The summed E-state index contributed by atoms with van der Waals surface area (Å²) in [5, 5.41) is 7.19. The maximum absolute atomic E-state index is 13.0. The van der Waals surface area contributed by atoms with Gasteiger partial charge in [-0.1, -0.05) is 46.6 Å². The van der Waals surface area contributed by atoms with Gasteiger partial charge in [-0.3, -0.25) is 4.79 Å². The van der Waals surface area contributed by atoms with Crippen LogP contribution in [0.4, 0.5) is 0 Å². The molecular weight excluding hydrogens is 452 g/mol. The molecule has 1 fully saturated rings. The van der Waals surface area contributed by atoms with Crippen LogP contribution in [0.2, 0.25) is 5.02 Å². The largest absolute Gasteiger partial charge is 0.347 e. The van der Waals surface area contributed by atoms with Crippen molar-refractivity contribution in [2.45, 2.75) is 31.2 Å². The average molecular weight is 475 g/mol. The summed E-state index contributed by atoms with van der Waals surface area (Å²) in [6, 6.07) is 13.9. The van der Waals surface area contributed by atoms with E-state index >= 15 is 0 Å². The smallest absolute Gasteiger partial charge is 0.246 e. The number of rotatable bonds is 6. The second-order valence-electron chi connectivity index (χ2n) is 7.72. The van der Waals surface area contributed by atoms with Crippen LogP contribution < -0.4 is 5.32 Å². The van der Waals surface area contributed by atoms with Crippen molar-refractivity contribution in [1.82, 2.24) is 19.8 Å². The van der Waals surface area contributed by atoms with E-state index in [0.29, 0.717) is 35.8 Å². The van der Waals surface area contributed by atoms with Gasteiger partial charge in [0, 0.05) is 18.7 Å². The number of aromatic nitrogens is 2. The summed E-state index contributed by atoms with van der Waals surface area (Å²) in [4.78, 5) is 17.2. The number of amides is 1. The molecule has 1 aliphatic heterocycles. The second kappa shape index (κ2) is 9.40. The minimum absolute atomic E-state index is 0.0531. The molecule has 2 aromatic carbocycles. The Morgan fingerprint density at radius 2 is 1.97 bits per heavy atom. The third-order valence-electron chi connectivity index (χ3n) is 5.41. The monoisotopic (exact) mass is 474 g/mol. The molecule has 0 saturated carbocycles. The van der Waals surface area contributed by atoms with E-state index in [1.54, 1.807) is 42.5 Å². The van der Waals surface area contributed by atoms with Crippen LogP contribution in [0.1, 0.15) is 24.3 Å². The Bertz CT molecular complexity index is 1210. The van der Waals surface area contributed by atoms with E-state index in [0.717, 1.165) is 5.56 Å². The van der Waals surface area contributed by atoms with Crippen LogP contribution in [-0.2, 0) is 21.4 Å². The molecule has 168 valence electrons. The van der Waals surface area contributed by atoms with E-state index in [-0.39, 0.29) is 29.8 Å². The molecule has 8 nitrogen and oxygen atoms in total. The van der Waals surface area contributed by atoms with E-state index in [2.05, 4.69) is 15.5 Å². The molecule has 1 N–H and O–H groups in total. The number of nitrogens with one attached hydrogen (secondary N) is 1. The third-order valence-corrected chi connectivity index (χ3v) is 7.62. The fourth-order valence-electron chi connectivity index (χ4n) is 3.62. The van der Waals surface area contributed by atoms with Crippen molar-refractivity contribution >= 4 is 27.5 Å². The van der Waals surface area contributed by atoms with Gasteiger partial charge >= 0.3 is 0 Å². The highest BCUT2D eigenvalue weighted by Gasteiger charge is 2.33. The number of hydrogen-bond donors (Lipinski definition) is 1. The number of halogens is 1. The van der Waals surface area contributed by atoms with Crippen molar-refractivity contribution in [3.8, 4) is 11.4 Å². The lowest BCUT2D eigenvalue weighted by molar-refractivity contribution is -0.126. The van der Waals surface area contributed by atoms with E-state index in [9.17, 15) is 13.2 Å². The molecule has 1 amide bonds. The fourth-order valence-corrected chi connectivity index (χ4v) is 5.36. The fraction of sp³-hybridized carbons (Fsp3) is 0.318. The predicted octanol–water partition coefficient (Wildman–Crippen LogP) is 3.42. The molecule has 0 unspecified atom stereocenters. The van der Waals surface area contributed by atoms with Gasteiger partial charge < -0.3 is 9.84 Å². The molecule has 0 radical (unpaired) electrons. The Hall–Kier alpha value is -2.75. The molecule has 0 aliphatic carbocycles. The van der Waals surface area contributed by atoms with Gasteiger partial charge in [0.15, 0.2) is 0 Å². The number of carbonyl (C=O) groups excluding carboxylic acids is 1. The van der Waals surface area contributed by atoms with Crippen LogP contribution in [0, 0.1) is 12.8 Å². The molecule has 0 spiro atoms. The predicted molar refractivity (Wildman–Crippen MR) is 119 cm³/mol. The van der Waals surface area contributed by atoms with E-state index < -0.39 is 15.9 Å². The first kappa shape index (κ1) is 22.4. The summed E-state index contributed by atoms with van der Waals surface area (Å²) in [5.74, 6) is -0.109. The molecule has 2 heterocycles. The average Bonchev–Trinajstić information content (AvgIpc) is 3.27. The summed E-state index contributed by atoms with van der Waals surface area (Å²) in [6.45, 7) is 2.48. The zero-order valence-corrected chi connectivity index (χ0v) is 19.1. The Kier molecular flexibility index (Phi) is 6.59. The number of sulfonamides is 1. The lowest BCUT2D eigenvalue weighted by Gasteiger charge is -2.31. The summed E-state index contributed by atoms with van der Waals surface area (Å²) < 4.78 is 32.5. The van der Waals surface area contributed by atoms with Crippen molar-refractivity contribution in [3.05, 3.63) is 65.0 Å². The first-order chi connectivity index (χ1) is 15.3. The summed E-state index contributed by atoms with van der Waals surface area (Å²) >= 11 is 6.15. The normalized spacial score (nSPS) is 17.2. The van der Waals surface area contributed by atoms with Crippen LogP contribution >= 0.6 is 11.6 Å². The van der Waals surface area contributed by atoms with Crippen LogP contribution in [0.3, 0.4) is 0 Å². The quantitative estimate of drug-likeness (QED) is 0.586. The Morgan fingerprint density at radius 3 is 2.72 bits per heavy atom. The van der Waals surface area contributed by atoms with Gasteiger partial charge in [-0.25, -0.2) is 8.42 Å². The zero-order chi connectivity index (χ0) is 22.7. The molecule has 4 rings (SSSR count). The second-order valence-corrected chi connectivity index (χ2v) is 10.1. The van der Waals surface area contributed by atoms with Gasteiger partial charge in [-0.15, -0.1) is 0 Å². The van der Waals surface area contributed by atoms with Crippen LogP contribution in [-0.4, -0.2) is 41.9 Å². The molecule has 0 bridgehead atoms. The highest BCUT2D eigenvalue weighted by atomic mass is 35.5. The van der Waals surface area contributed by atoms with Crippen molar-refractivity contribution in [3.63, 3.8) is 0 Å². The number of nitrogens with zero attached hydrogens (tertiary/aromatic N) is 3. The molecule has 1 atom stereocenters. The van der Waals surface area contributed by atoms with Crippen LogP contribution in [0.15, 0.2) is 57.9 Å². The van der Waals surface area contributed by atoms with Gasteiger partial charge in [0.25, 0.3) is 0 Å². The molecule has 1 aliphatic rings. The van der Waals surface area contributed by atoms with Gasteiger partial charge in [0.1, 0.15) is 0 Å². The summed E-state index contributed by atoms with van der Waals surface area (Å²) in [5.41, 5.74) is 1.62. The maximum atomic E-state index is 13.0. The third kappa shape index (κ3) is 4.85. The number of benzene rings is 2. The van der Waals surface area contributed by atoms with Crippen LogP contribution in [0.25, 0.3) is 11.4 Å². The Morgan fingerprint density at radius 1 is 1.22 bits per heavy atom. The first-order valence-corrected chi connectivity index (χ1v) is 12.1. The molecular formula is C22H23ClN4O4S. The number of carbonyl (C=O) groups is 1. The topological polar surface area (TPSA) is 105 Å². The minimum Gasteiger partial charge on any atom is -0.347 e. The number of hydrogen-bond acceptors (Lipinski definition) is 6. The van der Waals surface area contributed by atoms with E-state index in [4.69, 9.17) is 16.1 Å². The summed E-state index contributed by atoms with van der Waals surface area (Å²) in [6.07, 6.45) is 1.22. The zero-order valence-electron chi connectivity index (χ0n) is 17.5. The lowest BCUT2D eigenvalue weighted by atomic mass is 9.99. The maximum Gasteiger partial charge on any atom is 0.246 e. The number of piperidine rings is 1. The van der Waals surface area contributed by atoms with Crippen molar-refractivity contribution in [1.29, 1.82) is 0 Å². The minimum atomic E-state index is -3.64. The Balaban J connectivity index is 1.38.